The monoisotopic (exact) mass is 167 g/mol. The summed E-state index contributed by atoms with van der Waals surface area (Å²) in [6, 6.07) is 0.294. The maximum absolute atomic E-state index is 11.5. The van der Waals surface area contributed by atoms with Crippen LogP contribution in [-0.2, 0) is 4.79 Å². The first kappa shape index (κ1) is 8.24. The zero-order valence-electron chi connectivity index (χ0n) is 7.75. The van der Waals surface area contributed by atoms with Crippen LogP contribution >= 0.6 is 0 Å². The van der Waals surface area contributed by atoms with Crippen molar-refractivity contribution in [3.05, 3.63) is 0 Å². The molecule has 2 rings (SSSR count). The van der Waals surface area contributed by atoms with Crippen LogP contribution in [0, 0.1) is 5.92 Å². The van der Waals surface area contributed by atoms with Gasteiger partial charge >= 0.3 is 0 Å². The summed E-state index contributed by atoms with van der Waals surface area (Å²) in [6.45, 7) is 4.57. The summed E-state index contributed by atoms with van der Waals surface area (Å²) < 4.78 is 0. The minimum absolute atomic E-state index is 0.294. The number of Topliss-reactive ketones (excluding diaryl/α,β-unsaturated/α-hetero) is 1. The molecule has 0 spiro atoms. The number of carbonyl (C=O) groups is 1. The second-order valence-corrected chi connectivity index (χ2v) is 4.25. The van der Waals surface area contributed by atoms with Gasteiger partial charge in [-0.05, 0) is 38.3 Å². The fourth-order valence-corrected chi connectivity index (χ4v) is 2.42. The standard InChI is InChI=1S/C10H17NO/c1-8-4-6-11-5-2-3-10(12)9(11)7-8/h8-9H,2-7H2,1H3. The van der Waals surface area contributed by atoms with Crippen molar-refractivity contribution in [2.45, 2.75) is 38.6 Å². The smallest absolute Gasteiger partial charge is 0.150 e. The van der Waals surface area contributed by atoms with Crippen LogP contribution in [0.25, 0.3) is 0 Å². The molecule has 2 heterocycles. The molecule has 2 saturated heterocycles. The molecule has 0 amide bonds. The van der Waals surface area contributed by atoms with Crippen molar-refractivity contribution in [3.8, 4) is 0 Å². The molecule has 0 aromatic heterocycles. The molecule has 68 valence electrons. The Hall–Kier alpha value is -0.370. The minimum Gasteiger partial charge on any atom is -0.298 e. The zero-order valence-corrected chi connectivity index (χ0v) is 7.75. The Bertz CT molecular complexity index is 190. The summed E-state index contributed by atoms with van der Waals surface area (Å²) in [4.78, 5) is 13.9. The Labute approximate surface area is 73.9 Å². The van der Waals surface area contributed by atoms with Crippen molar-refractivity contribution in [1.82, 2.24) is 4.90 Å². The van der Waals surface area contributed by atoms with E-state index in [1.807, 2.05) is 0 Å². The topological polar surface area (TPSA) is 20.3 Å². The number of hydrogen-bond acceptors (Lipinski definition) is 2. The molecule has 2 aliphatic heterocycles. The first-order valence-electron chi connectivity index (χ1n) is 5.04. The predicted octanol–water partition coefficient (Wildman–Crippen LogP) is 1.45. The molecule has 12 heavy (non-hydrogen) atoms. The molecule has 0 aliphatic carbocycles. The van der Waals surface area contributed by atoms with E-state index in [9.17, 15) is 4.79 Å². The van der Waals surface area contributed by atoms with E-state index in [1.165, 1.54) is 6.42 Å². The first-order valence-corrected chi connectivity index (χ1v) is 5.04. The number of fused-ring (bicyclic) bond motifs is 1. The maximum atomic E-state index is 11.5. The third-order valence-electron chi connectivity index (χ3n) is 3.22. The van der Waals surface area contributed by atoms with Crippen LogP contribution in [0.2, 0.25) is 0 Å². The lowest BCUT2D eigenvalue weighted by atomic mass is 9.86. The van der Waals surface area contributed by atoms with Crippen LogP contribution < -0.4 is 0 Å². The molecule has 2 unspecified atom stereocenters. The van der Waals surface area contributed by atoms with Gasteiger partial charge in [0.2, 0.25) is 0 Å². The summed E-state index contributed by atoms with van der Waals surface area (Å²) in [5.41, 5.74) is 0. The third-order valence-corrected chi connectivity index (χ3v) is 3.22. The highest BCUT2D eigenvalue weighted by atomic mass is 16.1. The molecular formula is C10H17NO. The second kappa shape index (κ2) is 3.17. The van der Waals surface area contributed by atoms with Gasteiger partial charge in [-0.15, -0.1) is 0 Å². The number of piperidine rings is 2. The minimum atomic E-state index is 0.294. The molecule has 2 atom stereocenters. The molecular weight excluding hydrogens is 150 g/mol. The Balaban J connectivity index is 2.05. The van der Waals surface area contributed by atoms with Crippen molar-refractivity contribution in [1.29, 1.82) is 0 Å². The highest BCUT2D eigenvalue weighted by Gasteiger charge is 2.33. The molecule has 0 aromatic rings. The maximum Gasteiger partial charge on any atom is 0.150 e. The molecule has 2 heteroatoms. The van der Waals surface area contributed by atoms with Gasteiger partial charge in [0, 0.05) is 6.42 Å². The van der Waals surface area contributed by atoms with Crippen molar-refractivity contribution in [2.75, 3.05) is 13.1 Å². The summed E-state index contributed by atoms with van der Waals surface area (Å²) in [5, 5.41) is 0. The lowest BCUT2D eigenvalue weighted by molar-refractivity contribution is -0.129. The molecule has 0 N–H and O–H groups in total. The Morgan fingerprint density at radius 2 is 2.25 bits per heavy atom. The number of rotatable bonds is 0. The molecule has 2 aliphatic rings. The van der Waals surface area contributed by atoms with E-state index in [-0.39, 0.29) is 0 Å². The SMILES string of the molecule is CC1CCN2CCCC(=O)C2C1. The summed E-state index contributed by atoms with van der Waals surface area (Å²) in [7, 11) is 0. The lowest BCUT2D eigenvalue weighted by Crippen LogP contribution is -2.50. The largest absolute Gasteiger partial charge is 0.298 e. The van der Waals surface area contributed by atoms with Crippen LogP contribution in [0.3, 0.4) is 0 Å². The van der Waals surface area contributed by atoms with Gasteiger partial charge in [-0.2, -0.15) is 0 Å². The Morgan fingerprint density at radius 3 is 3.08 bits per heavy atom. The number of hydrogen-bond donors (Lipinski definition) is 0. The molecule has 0 aromatic carbocycles. The van der Waals surface area contributed by atoms with Gasteiger partial charge in [-0.3, -0.25) is 9.69 Å². The van der Waals surface area contributed by atoms with Gasteiger partial charge in [0.25, 0.3) is 0 Å². The van der Waals surface area contributed by atoms with E-state index in [1.54, 1.807) is 0 Å². The van der Waals surface area contributed by atoms with Crippen LogP contribution in [0.1, 0.15) is 32.6 Å². The van der Waals surface area contributed by atoms with Gasteiger partial charge in [0.1, 0.15) is 5.78 Å². The molecule has 0 saturated carbocycles. The molecule has 0 bridgehead atoms. The van der Waals surface area contributed by atoms with Crippen LogP contribution in [0.4, 0.5) is 0 Å². The summed E-state index contributed by atoms with van der Waals surface area (Å²) in [5.74, 6) is 1.25. The predicted molar refractivity (Wildman–Crippen MR) is 48.0 cm³/mol. The fourth-order valence-electron chi connectivity index (χ4n) is 2.42. The van der Waals surface area contributed by atoms with Crippen LogP contribution in [-0.4, -0.2) is 29.8 Å². The van der Waals surface area contributed by atoms with Crippen molar-refractivity contribution < 1.29 is 4.79 Å². The average Bonchev–Trinajstić information content (AvgIpc) is 2.07. The highest BCUT2D eigenvalue weighted by Crippen LogP contribution is 2.26. The summed E-state index contributed by atoms with van der Waals surface area (Å²) >= 11 is 0. The Kier molecular flexibility index (Phi) is 2.18. The highest BCUT2D eigenvalue weighted by molar-refractivity contribution is 5.84. The fraction of sp³-hybridized carbons (Fsp3) is 0.900. The third kappa shape index (κ3) is 1.40. The van der Waals surface area contributed by atoms with Crippen molar-refractivity contribution in [3.63, 3.8) is 0 Å². The normalized spacial score (nSPS) is 37.9. The van der Waals surface area contributed by atoms with E-state index >= 15 is 0 Å². The number of carbonyl (C=O) groups excluding carboxylic acids is 1. The van der Waals surface area contributed by atoms with Gasteiger partial charge in [-0.1, -0.05) is 6.92 Å². The second-order valence-electron chi connectivity index (χ2n) is 4.25. The van der Waals surface area contributed by atoms with E-state index in [0.717, 1.165) is 38.3 Å². The first-order chi connectivity index (χ1) is 5.77. The van der Waals surface area contributed by atoms with Gasteiger partial charge in [0.05, 0.1) is 6.04 Å². The van der Waals surface area contributed by atoms with E-state index in [0.29, 0.717) is 11.8 Å². The Morgan fingerprint density at radius 1 is 1.42 bits per heavy atom. The molecule has 0 radical (unpaired) electrons. The van der Waals surface area contributed by atoms with E-state index in [4.69, 9.17) is 0 Å². The molecule has 2 fully saturated rings. The van der Waals surface area contributed by atoms with E-state index in [2.05, 4.69) is 11.8 Å². The van der Waals surface area contributed by atoms with Crippen LogP contribution in [0.5, 0.6) is 0 Å². The van der Waals surface area contributed by atoms with Gasteiger partial charge < -0.3 is 0 Å². The van der Waals surface area contributed by atoms with Crippen molar-refractivity contribution in [2.24, 2.45) is 5.92 Å². The van der Waals surface area contributed by atoms with Crippen molar-refractivity contribution >= 4 is 5.78 Å². The zero-order chi connectivity index (χ0) is 8.55. The lowest BCUT2D eigenvalue weighted by Gasteiger charge is -2.40. The van der Waals surface area contributed by atoms with Crippen LogP contribution in [0.15, 0.2) is 0 Å². The molecule has 2 nitrogen and oxygen atoms in total. The van der Waals surface area contributed by atoms with E-state index < -0.39 is 0 Å². The van der Waals surface area contributed by atoms with Gasteiger partial charge in [0.15, 0.2) is 0 Å². The summed E-state index contributed by atoms with van der Waals surface area (Å²) in [6.07, 6.45) is 4.31. The quantitative estimate of drug-likeness (QED) is 0.544. The average molecular weight is 167 g/mol. The van der Waals surface area contributed by atoms with Gasteiger partial charge in [-0.25, -0.2) is 0 Å². The number of nitrogens with zero attached hydrogens (tertiary/aromatic N) is 1. The number of ketones is 1.